The van der Waals surface area contributed by atoms with Crippen LogP contribution in [0.1, 0.15) is 25.8 Å². The van der Waals surface area contributed by atoms with Crippen LogP contribution in [0.4, 0.5) is 5.69 Å². The van der Waals surface area contributed by atoms with Gasteiger partial charge < -0.3 is 15.4 Å². The molecule has 1 heterocycles. The first-order valence-corrected chi connectivity index (χ1v) is 7.67. The molecule has 0 saturated heterocycles. The summed E-state index contributed by atoms with van der Waals surface area (Å²) in [6, 6.07) is 8.43. The Hall–Kier alpha value is -1.55. The highest BCUT2D eigenvalue weighted by atomic mass is 16.5. The molecule has 3 rings (SSSR count). The summed E-state index contributed by atoms with van der Waals surface area (Å²) >= 11 is 0. The van der Waals surface area contributed by atoms with E-state index in [2.05, 4.69) is 36.6 Å². The van der Waals surface area contributed by atoms with E-state index >= 15 is 0 Å². The minimum absolute atomic E-state index is 0.0114. The molecule has 0 spiro atoms. The molecule has 2 aliphatic rings. The zero-order valence-corrected chi connectivity index (χ0v) is 13.0. The second-order valence-electron chi connectivity index (χ2n) is 6.78. The highest BCUT2D eigenvalue weighted by molar-refractivity contribution is 5.81. The van der Waals surface area contributed by atoms with Crippen molar-refractivity contribution in [2.75, 3.05) is 19.0 Å². The number of carbonyl (C=O) groups excluding carboxylic acids is 1. The van der Waals surface area contributed by atoms with Crippen molar-refractivity contribution < 1.29 is 9.53 Å². The van der Waals surface area contributed by atoms with Crippen LogP contribution in [0, 0.1) is 11.3 Å². The van der Waals surface area contributed by atoms with E-state index in [-0.39, 0.29) is 29.4 Å². The molecule has 1 saturated carbocycles. The van der Waals surface area contributed by atoms with Gasteiger partial charge in [-0.15, -0.1) is 0 Å². The minimum Gasteiger partial charge on any atom is -0.384 e. The topological polar surface area (TPSA) is 50.4 Å². The molecule has 21 heavy (non-hydrogen) atoms. The number of ether oxygens (including phenoxy) is 1. The molecular formula is C17H24N2O2. The van der Waals surface area contributed by atoms with Gasteiger partial charge in [-0.05, 0) is 24.5 Å². The molecule has 1 amide bonds. The normalized spacial score (nSPS) is 29.8. The molecule has 1 aromatic carbocycles. The van der Waals surface area contributed by atoms with Crippen molar-refractivity contribution >= 4 is 11.6 Å². The van der Waals surface area contributed by atoms with E-state index in [0.717, 1.165) is 18.5 Å². The highest BCUT2D eigenvalue weighted by Gasteiger charge is 2.49. The predicted molar refractivity (Wildman–Crippen MR) is 83.3 cm³/mol. The number of hydrogen-bond acceptors (Lipinski definition) is 3. The Bertz CT molecular complexity index is 541. The summed E-state index contributed by atoms with van der Waals surface area (Å²) in [6.45, 7) is 5.03. The summed E-state index contributed by atoms with van der Waals surface area (Å²) in [7, 11) is 1.74. The molecule has 114 valence electrons. The zero-order valence-electron chi connectivity index (χ0n) is 13.0. The van der Waals surface area contributed by atoms with Gasteiger partial charge in [-0.2, -0.15) is 0 Å². The third kappa shape index (κ3) is 2.53. The lowest BCUT2D eigenvalue weighted by Crippen LogP contribution is -2.62. The molecule has 0 radical (unpaired) electrons. The Balaban J connectivity index is 1.61. The minimum atomic E-state index is 0.0114. The Labute approximate surface area is 126 Å². The van der Waals surface area contributed by atoms with E-state index in [9.17, 15) is 4.79 Å². The van der Waals surface area contributed by atoms with Crippen molar-refractivity contribution in [2.24, 2.45) is 11.3 Å². The zero-order chi connectivity index (χ0) is 15.0. The van der Waals surface area contributed by atoms with E-state index in [1.54, 1.807) is 7.11 Å². The van der Waals surface area contributed by atoms with Crippen LogP contribution < -0.4 is 10.6 Å². The third-order valence-electron chi connectivity index (χ3n) is 5.17. The van der Waals surface area contributed by atoms with Gasteiger partial charge in [-0.1, -0.05) is 32.0 Å². The fourth-order valence-electron chi connectivity index (χ4n) is 3.45. The largest absolute Gasteiger partial charge is 0.384 e. The number of rotatable bonds is 3. The van der Waals surface area contributed by atoms with Gasteiger partial charge in [-0.3, -0.25) is 4.79 Å². The van der Waals surface area contributed by atoms with Gasteiger partial charge in [0.1, 0.15) is 0 Å². The van der Waals surface area contributed by atoms with Crippen LogP contribution >= 0.6 is 0 Å². The van der Waals surface area contributed by atoms with Crippen LogP contribution in [0.2, 0.25) is 0 Å². The van der Waals surface area contributed by atoms with Crippen LogP contribution in [0.5, 0.6) is 0 Å². The van der Waals surface area contributed by atoms with E-state index in [0.29, 0.717) is 6.54 Å². The lowest BCUT2D eigenvalue weighted by molar-refractivity contribution is -0.135. The fraction of sp³-hybridized carbons (Fsp3) is 0.588. The first-order chi connectivity index (χ1) is 10.0. The second-order valence-corrected chi connectivity index (χ2v) is 6.78. The molecule has 3 unspecified atom stereocenters. The van der Waals surface area contributed by atoms with Gasteiger partial charge in [0.05, 0.1) is 12.0 Å². The molecule has 0 bridgehead atoms. The van der Waals surface area contributed by atoms with Crippen LogP contribution in [-0.4, -0.2) is 31.7 Å². The molecule has 4 nitrogen and oxygen atoms in total. The molecule has 2 N–H and O–H groups in total. The predicted octanol–water partition coefficient (Wildman–Crippen LogP) is 2.20. The van der Waals surface area contributed by atoms with Crippen LogP contribution in [0.3, 0.4) is 0 Å². The van der Waals surface area contributed by atoms with Crippen molar-refractivity contribution in [3.63, 3.8) is 0 Å². The number of anilines is 1. The van der Waals surface area contributed by atoms with Crippen molar-refractivity contribution in [2.45, 2.75) is 38.8 Å². The van der Waals surface area contributed by atoms with E-state index in [1.165, 1.54) is 5.56 Å². The summed E-state index contributed by atoms with van der Waals surface area (Å²) in [5, 5.41) is 6.57. The fourth-order valence-corrected chi connectivity index (χ4v) is 3.45. The first-order valence-electron chi connectivity index (χ1n) is 7.67. The Morgan fingerprint density at radius 3 is 2.86 bits per heavy atom. The number of benzene rings is 1. The van der Waals surface area contributed by atoms with Gasteiger partial charge in [0.25, 0.3) is 0 Å². The van der Waals surface area contributed by atoms with E-state index in [4.69, 9.17) is 4.74 Å². The lowest BCUT2D eigenvalue weighted by atomic mass is 9.64. The van der Waals surface area contributed by atoms with Crippen molar-refractivity contribution in [1.29, 1.82) is 0 Å². The number of nitrogens with one attached hydrogen (secondary N) is 2. The van der Waals surface area contributed by atoms with Crippen molar-refractivity contribution in [1.82, 2.24) is 5.32 Å². The third-order valence-corrected chi connectivity index (χ3v) is 5.17. The van der Waals surface area contributed by atoms with E-state index in [1.807, 2.05) is 12.1 Å². The maximum Gasteiger partial charge on any atom is 0.225 e. The number of carbonyl (C=O) groups is 1. The quantitative estimate of drug-likeness (QED) is 0.896. The van der Waals surface area contributed by atoms with Gasteiger partial charge >= 0.3 is 0 Å². The number of methoxy groups -OCH3 is 1. The Morgan fingerprint density at radius 1 is 1.38 bits per heavy atom. The molecule has 3 atom stereocenters. The average molecular weight is 288 g/mol. The summed E-state index contributed by atoms with van der Waals surface area (Å²) in [5.41, 5.74) is 2.40. The van der Waals surface area contributed by atoms with Gasteiger partial charge in [0, 0.05) is 30.8 Å². The SMILES string of the molecule is COC1CC(NC(=O)C2CNc3ccccc3C2)C1(C)C. The summed E-state index contributed by atoms with van der Waals surface area (Å²) in [6.07, 6.45) is 1.97. The molecule has 4 heteroatoms. The molecular weight excluding hydrogens is 264 g/mol. The smallest absolute Gasteiger partial charge is 0.225 e. The lowest BCUT2D eigenvalue weighted by Gasteiger charge is -2.51. The first kappa shape index (κ1) is 14.4. The number of hydrogen-bond donors (Lipinski definition) is 2. The molecule has 1 aliphatic carbocycles. The molecule has 1 aromatic rings. The van der Waals surface area contributed by atoms with Crippen molar-refractivity contribution in [3.8, 4) is 0 Å². The summed E-state index contributed by atoms with van der Waals surface area (Å²) in [4.78, 5) is 12.5. The monoisotopic (exact) mass is 288 g/mol. The number of fused-ring (bicyclic) bond motifs is 1. The number of amides is 1. The standard InChI is InChI=1S/C17H24N2O2/c1-17(2)14(9-15(17)21-3)19-16(20)12-8-11-6-4-5-7-13(11)18-10-12/h4-7,12,14-15,18H,8-10H2,1-3H3,(H,19,20). The Kier molecular flexibility index (Phi) is 3.66. The molecule has 1 aliphatic heterocycles. The Morgan fingerprint density at radius 2 is 2.14 bits per heavy atom. The van der Waals surface area contributed by atoms with Gasteiger partial charge in [-0.25, -0.2) is 0 Å². The highest BCUT2D eigenvalue weighted by Crippen LogP contribution is 2.42. The van der Waals surface area contributed by atoms with E-state index < -0.39 is 0 Å². The maximum atomic E-state index is 12.5. The van der Waals surface area contributed by atoms with Crippen LogP contribution in [0.25, 0.3) is 0 Å². The number of para-hydroxylation sites is 1. The molecule has 0 aromatic heterocycles. The second kappa shape index (κ2) is 5.34. The van der Waals surface area contributed by atoms with Crippen LogP contribution in [-0.2, 0) is 16.0 Å². The van der Waals surface area contributed by atoms with Gasteiger partial charge in [0.15, 0.2) is 0 Å². The average Bonchev–Trinajstić information content (AvgIpc) is 2.50. The molecule has 1 fully saturated rings. The summed E-state index contributed by atoms with van der Waals surface area (Å²) in [5.74, 6) is 0.168. The van der Waals surface area contributed by atoms with Crippen LogP contribution in [0.15, 0.2) is 24.3 Å². The van der Waals surface area contributed by atoms with Crippen molar-refractivity contribution in [3.05, 3.63) is 29.8 Å². The van der Waals surface area contributed by atoms with Gasteiger partial charge in [0.2, 0.25) is 5.91 Å². The summed E-state index contributed by atoms with van der Waals surface area (Å²) < 4.78 is 5.44. The maximum absolute atomic E-state index is 12.5.